The molecule has 2 unspecified atom stereocenters. The van der Waals surface area contributed by atoms with E-state index in [9.17, 15) is 16.8 Å². The second-order valence-corrected chi connectivity index (χ2v) is 13.8. The zero-order valence-electron chi connectivity index (χ0n) is 18.6. The minimum Gasteiger partial charge on any atom is -0.224 e. The number of benzene rings is 1. The predicted molar refractivity (Wildman–Crippen MR) is 133 cm³/mol. The Bertz CT molecular complexity index is 807. The highest BCUT2D eigenvalue weighted by Gasteiger charge is 2.28. The van der Waals surface area contributed by atoms with Crippen molar-refractivity contribution in [2.24, 2.45) is 11.8 Å². The number of rotatable bonds is 14. The van der Waals surface area contributed by atoms with E-state index in [1.165, 1.54) is 12.1 Å². The molecule has 0 aliphatic carbocycles. The van der Waals surface area contributed by atoms with Crippen molar-refractivity contribution in [2.45, 2.75) is 88.9 Å². The van der Waals surface area contributed by atoms with Gasteiger partial charge < -0.3 is 0 Å². The largest absolute Gasteiger partial charge is 0.224 e. The standard InChI is InChI=1S/C22H36Br2O4S2/c1-5-9-11-17(7-3)15-29(25,26)21-13-20(24)22(14-19(21)23)30(27,28)16-18(8-4)12-10-6-2/h13-14,17-18H,5-12,15-16H2,1-4H3. The van der Waals surface area contributed by atoms with Crippen LogP contribution < -0.4 is 0 Å². The molecule has 174 valence electrons. The molecule has 1 rings (SSSR count). The molecule has 0 heterocycles. The summed E-state index contributed by atoms with van der Waals surface area (Å²) in [5.74, 6) is 0.367. The van der Waals surface area contributed by atoms with Crippen LogP contribution in [0.5, 0.6) is 0 Å². The molecule has 8 heteroatoms. The maximum absolute atomic E-state index is 13.0. The van der Waals surface area contributed by atoms with Crippen molar-refractivity contribution in [3.63, 3.8) is 0 Å². The minimum atomic E-state index is -3.53. The molecule has 0 fully saturated rings. The fraction of sp³-hybridized carbons (Fsp3) is 0.727. The van der Waals surface area contributed by atoms with Gasteiger partial charge in [-0.3, -0.25) is 0 Å². The molecule has 0 saturated heterocycles. The average molecular weight is 588 g/mol. The zero-order chi connectivity index (χ0) is 22.9. The first-order valence-corrected chi connectivity index (χ1v) is 15.9. The van der Waals surface area contributed by atoms with Crippen LogP contribution in [0.1, 0.15) is 79.1 Å². The molecule has 0 amide bonds. The second kappa shape index (κ2) is 12.9. The lowest BCUT2D eigenvalue weighted by Gasteiger charge is -2.18. The Hall–Kier alpha value is 0.0800. The van der Waals surface area contributed by atoms with Crippen LogP contribution in [0.15, 0.2) is 30.9 Å². The minimum absolute atomic E-state index is 0.0789. The molecule has 2 atom stereocenters. The van der Waals surface area contributed by atoms with E-state index in [4.69, 9.17) is 0 Å². The summed E-state index contributed by atoms with van der Waals surface area (Å²) >= 11 is 6.67. The molecule has 0 N–H and O–H groups in total. The van der Waals surface area contributed by atoms with Gasteiger partial charge in [0.05, 0.1) is 21.3 Å². The molecule has 0 aromatic heterocycles. The van der Waals surface area contributed by atoms with Crippen molar-refractivity contribution in [1.29, 1.82) is 0 Å². The Kier molecular flexibility index (Phi) is 12.1. The van der Waals surface area contributed by atoms with Gasteiger partial charge >= 0.3 is 0 Å². The van der Waals surface area contributed by atoms with Gasteiger partial charge in [0.15, 0.2) is 19.7 Å². The quantitative estimate of drug-likeness (QED) is 0.231. The zero-order valence-corrected chi connectivity index (χ0v) is 23.4. The van der Waals surface area contributed by atoms with E-state index in [2.05, 4.69) is 45.7 Å². The van der Waals surface area contributed by atoms with Crippen LogP contribution in [-0.4, -0.2) is 28.3 Å². The lowest BCUT2D eigenvalue weighted by atomic mass is 10.0. The first-order valence-electron chi connectivity index (χ1n) is 11.0. The topological polar surface area (TPSA) is 68.3 Å². The van der Waals surface area contributed by atoms with E-state index in [-0.39, 0.29) is 33.1 Å². The molecular weight excluding hydrogens is 552 g/mol. The number of sulfone groups is 2. The van der Waals surface area contributed by atoms with Crippen LogP contribution in [-0.2, 0) is 19.7 Å². The van der Waals surface area contributed by atoms with Gasteiger partial charge in [-0.2, -0.15) is 0 Å². The van der Waals surface area contributed by atoms with Gasteiger partial charge in [-0.25, -0.2) is 16.8 Å². The van der Waals surface area contributed by atoms with E-state index in [1.54, 1.807) is 0 Å². The molecular formula is C22H36Br2O4S2. The van der Waals surface area contributed by atoms with E-state index in [1.807, 2.05) is 13.8 Å². The Morgan fingerprint density at radius 1 is 0.700 bits per heavy atom. The maximum atomic E-state index is 13.0. The van der Waals surface area contributed by atoms with E-state index in [0.29, 0.717) is 8.95 Å². The summed E-state index contributed by atoms with van der Waals surface area (Å²) in [6.45, 7) is 8.22. The van der Waals surface area contributed by atoms with Crippen LogP contribution in [0.3, 0.4) is 0 Å². The first-order chi connectivity index (χ1) is 14.0. The molecule has 0 aliphatic rings. The fourth-order valence-electron chi connectivity index (χ4n) is 3.58. The summed E-state index contributed by atoms with van der Waals surface area (Å²) in [5.41, 5.74) is 0. The smallest absolute Gasteiger partial charge is 0.179 e. The molecule has 0 spiro atoms. The third kappa shape index (κ3) is 8.21. The number of hydrogen-bond acceptors (Lipinski definition) is 4. The molecule has 1 aromatic carbocycles. The maximum Gasteiger partial charge on any atom is 0.179 e. The van der Waals surface area contributed by atoms with Gasteiger partial charge in [0.25, 0.3) is 0 Å². The lowest BCUT2D eigenvalue weighted by Crippen LogP contribution is -2.18. The molecule has 1 aromatic rings. The van der Waals surface area contributed by atoms with Crippen LogP contribution in [0.25, 0.3) is 0 Å². The molecule has 0 aliphatic heterocycles. The van der Waals surface area contributed by atoms with E-state index >= 15 is 0 Å². The summed E-state index contributed by atoms with van der Waals surface area (Å²) in [6, 6.07) is 2.90. The van der Waals surface area contributed by atoms with Crippen molar-refractivity contribution in [3.8, 4) is 0 Å². The predicted octanol–water partition coefficient (Wildman–Crippen LogP) is 7.19. The monoisotopic (exact) mass is 586 g/mol. The fourth-order valence-corrected chi connectivity index (χ4v) is 9.76. The van der Waals surface area contributed by atoms with Gasteiger partial charge in [0, 0.05) is 8.95 Å². The summed E-state index contributed by atoms with van der Waals surface area (Å²) in [4.78, 5) is 0.308. The van der Waals surface area contributed by atoms with Gasteiger partial charge in [0.2, 0.25) is 0 Å². The third-order valence-corrected chi connectivity index (χ3v) is 11.3. The highest BCUT2D eigenvalue weighted by atomic mass is 79.9. The molecule has 0 bridgehead atoms. The Balaban J connectivity index is 3.19. The second-order valence-electron chi connectivity index (χ2n) is 8.11. The normalized spacial score (nSPS) is 14.6. The average Bonchev–Trinajstić information content (AvgIpc) is 2.69. The van der Waals surface area contributed by atoms with Crippen molar-refractivity contribution >= 4 is 51.5 Å². The summed E-state index contributed by atoms with van der Waals surface area (Å²) < 4.78 is 52.8. The number of halogens is 2. The van der Waals surface area contributed by atoms with Crippen molar-refractivity contribution in [2.75, 3.05) is 11.5 Å². The first kappa shape index (κ1) is 28.1. The van der Waals surface area contributed by atoms with Crippen molar-refractivity contribution in [1.82, 2.24) is 0 Å². The Labute approximate surface area is 200 Å². The highest BCUT2D eigenvalue weighted by molar-refractivity contribution is 9.11. The number of unbranched alkanes of at least 4 members (excludes halogenated alkanes) is 2. The van der Waals surface area contributed by atoms with Crippen LogP contribution in [0, 0.1) is 11.8 Å². The molecule has 0 radical (unpaired) electrons. The molecule has 4 nitrogen and oxygen atoms in total. The van der Waals surface area contributed by atoms with E-state index in [0.717, 1.165) is 51.4 Å². The molecule has 30 heavy (non-hydrogen) atoms. The third-order valence-electron chi connectivity index (χ3n) is 5.65. The summed E-state index contributed by atoms with van der Waals surface area (Å²) in [5, 5.41) is 0. The van der Waals surface area contributed by atoms with Crippen LogP contribution in [0.2, 0.25) is 0 Å². The lowest BCUT2D eigenvalue weighted by molar-refractivity contribution is 0.482. The van der Waals surface area contributed by atoms with Crippen molar-refractivity contribution < 1.29 is 16.8 Å². The molecule has 0 saturated carbocycles. The van der Waals surface area contributed by atoms with Crippen molar-refractivity contribution in [3.05, 3.63) is 21.1 Å². The van der Waals surface area contributed by atoms with Gasteiger partial charge in [-0.15, -0.1) is 0 Å². The number of hydrogen-bond donors (Lipinski definition) is 0. The Morgan fingerprint density at radius 3 is 1.30 bits per heavy atom. The van der Waals surface area contributed by atoms with Crippen LogP contribution in [0.4, 0.5) is 0 Å². The van der Waals surface area contributed by atoms with Gasteiger partial charge in [-0.05, 0) is 68.7 Å². The van der Waals surface area contributed by atoms with Gasteiger partial charge in [0.1, 0.15) is 0 Å². The van der Waals surface area contributed by atoms with Crippen LogP contribution >= 0.6 is 31.9 Å². The summed E-state index contributed by atoms with van der Waals surface area (Å²) in [6.07, 6.45) is 7.46. The Morgan fingerprint density at radius 2 is 1.03 bits per heavy atom. The van der Waals surface area contributed by atoms with E-state index < -0.39 is 19.7 Å². The highest BCUT2D eigenvalue weighted by Crippen LogP contribution is 2.35. The summed E-state index contributed by atoms with van der Waals surface area (Å²) in [7, 11) is -7.06. The van der Waals surface area contributed by atoms with Gasteiger partial charge in [-0.1, -0.05) is 66.2 Å². The SMILES string of the molecule is CCCCC(CC)CS(=O)(=O)c1cc(Br)c(S(=O)(=O)CC(CC)CCCC)cc1Br.